The summed E-state index contributed by atoms with van der Waals surface area (Å²) in [6, 6.07) is 41.3. The van der Waals surface area contributed by atoms with Crippen LogP contribution in [0.25, 0.3) is 0 Å². The van der Waals surface area contributed by atoms with E-state index in [1.807, 2.05) is 122 Å². The fraction of sp³-hybridized carbons (Fsp3) is 0.200. The van der Waals surface area contributed by atoms with Gasteiger partial charge in [0.05, 0.1) is 24.9 Å². The molecule has 6 nitrogen and oxygen atoms in total. The number of anilines is 1. The Morgan fingerprint density at radius 2 is 1.45 bits per heavy atom. The number of halogens is 1. The van der Waals surface area contributed by atoms with Crippen LogP contribution in [-0.2, 0) is 33.1 Å². The lowest BCUT2D eigenvalue weighted by Gasteiger charge is -2.46. The average molecular weight is 645 g/mol. The van der Waals surface area contributed by atoms with Crippen LogP contribution < -0.4 is 10.2 Å². The summed E-state index contributed by atoms with van der Waals surface area (Å²) in [5.74, 6) is -1.67. The second kappa shape index (κ2) is 13.5. The number of aliphatic carboxylic acids is 1. The van der Waals surface area contributed by atoms with Crippen molar-refractivity contribution in [2.24, 2.45) is 0 Å². The highest BCUT2D eigenvalue weighted by atomic mass is 35.5. The van der Waals surface area contributed by atoms with Gasteiger partial charge in [0.15, 0.2) is 5.54 Å². The van der Waals surface area contributed by atoms with E-state index in [0.717, 1.165) is 27.8 Å². The maximum atomic E-state index is 15.3. The predicted molar refractivity (Wildman–Crippen MR) is 185 cm³/mol. The molecular formula is C40H37ClN2O4. The van der Waals surface area contributed by atoms with E-state index in [1.54, 1.807) is 30.0 Å². The van der Waals surface area contributed by atoms with Crippen LogP contribution in [0.2, 0.25) is 5.02 Å². The van der Waals surface area contributed by atoms with E-state index < -0.39 is 29.1 Å². The van der Waals surface area contributed by atoms with Crippen LogP contribution in [0.15, 0.2) is 133 Å². The van der Waals surface area contributed by atoms with Crippen molar-refractivity contribution < 1.29 is 19.4 Å². The van der Waals surface area contributed by atoms with Gasteiger partial charge in [-0.3, -0.25) is 14.9 Å². The third-order valence-electron chi connectivity index (χ3n) is 9.22. The van der Waals surface area contributed by atoms with Crippen LogP contribution in [0.1, 0.15) is 52.8 Å². The van der Waals surface area contributed by atoms with Gasteiger partial charge in [-0.2, -0.15) is 0 Å². The fourth-order valence-electron chi connectivity index (χ4n) is 6.71. The maximum absolute atomic E-state index is 15.3. The summed E-state index contributed by atoms with van der Waals surface area (Å²) in [6.45, 7) is 3.98. The number of ether oxygens (including phenoxy) is 1. The lowest BCUT2D eigenvalue weighted by Crippen LogP contribution is -2.70. The first-order valence-corrected chi connectivity index (χ1v) is 16.1. The summed E-state index contributed by atoms with van der Waals surface area (Å²) in [5, 5.41) is 15.5. The van der Waals surface area contributed by atoms with Crippen molar-refractivity contribution in [3.63, 3.8) is 0 Å². The molecule has 1 aliphatic rings. The highest BCUT2D eigenvalue weighted by Crippen LogP contribution is 2.53. The molecule has 1 unspecified atom stereocenters. The van der Waals surface area contributed by atoms with Gasteiger partial charge in [-0.15, -0.1) is 0 Å². The molecule has 47 heavy (non-hydrogen) atoms. The van der Waals surface area contributed by atoms with E-state index in [1.165, 1.54) is 0 Å². The highest BCUT2D eigenvalue weighted by molar-refractivity contribution is 6.31. The average Bonchev–Trinajstić information content (AvgIpc) is 3.32. The quantitative estimate of drug-likeness (QED) is 0.143. The zero-order valence-corrected chi connectivity index (χ0v) is 27.2. The zero-order chi connectivity index (χ0) is 33.0. The number of nitrogens with zero attached hydrogens (tertiary/aromatic N) is 1. The van der Waals surface area contributed by atoms with Crippen molar-refractivity contribution in [3.8, 4) is 0 Å². The molecule has 0 saturated heterocycles. The molecule has 7 heteroatoms. The molecule has 0 bridgehead atoms. The minimum absolute atomic E-state index is 0.0116. The van der Waals surface area contributed by atoms with Crippen molar-refractivity contribution in [3.05, 3.63) is 172 Å². The van der Waals surface area contributed by atoms with Crippen molar-refractivity contribution in [1.29, 1.82) is 0 Å². The standard InChI is InChI=1S/C40H37ClN2O4/c1-3-39(38(45)46,42-36(30-18-9-5-10-19-30)31-20-11-6-12-21-31)40(47-27-32-22-14-13-15-28(32)2)34-24-23-33(41)25-35(34)43(37(40)44)26-29-16-7-4-8-17-29/h4-25,36,42H,3,26-27H2,1-2H3,(H,45,46)/t39-,40?/m0/s1. The molecule has 0 aliphatic carbocycles. The lowest BCUT2D eigenvalue weighted by molar-refractivity contribution is -0.181. The highest BCUT2D eigenvalue weighted by Gasteiger charge is 2.68. The van der Waals surface area contributed by atoms with Crippen LogP contribution in [0.5, 0.6) is 0 Å². The summed E-state index contributed by atoms with van der Waals surface area (Å²) in [7, 11) is 0. The smallest absolute Gasteiger partial charge is 0.327 e. The number of amides is 1. The number of aryl methyl sites for hydroxylation is 1. The molecule has 2 N–H and O–H groups in total. The minimum atomic E-state index is -1.98. The normalized spacial score (nSPS) is 17.0. The molecule has 2 atom stereocenters. The zero-order valence-electron chi connectivity index (χ0n) is 26.4. The number of carboxylic acid groups (broad SMARTS) is 1. The third kappa shape index (κ3) is 5.85. The molecule has 0 saturated carbocycles. The molecule has 0 aromatic heterocycles. The molecule has 0 radical (unpaired) electrons. The first-order valence-electron chi connectivity index (χ1n) is 15.8. The number of fused-ring (bicyclic) bond motifs is 1. The van der Waals surface area contributed by atoms with Crippen LogP contribution in [0.3, 0.4) is 0 Å². The molecule has 1 aliphatic heterocycles. The molecule has 5 aromatic carbocycles. The lowest BCUT2D eigenvalue weighted by atomic mass is 9.72. The van der Waals surface area contributed by atoms with Gasteiger partial charge in [0.1, 0.15) is 0 Å². The second-order valence-electron chi connectivity index (χ2n) is 11.9. The molecule has 6 rings (SSSR count). The van der Waals surface area contributed by atoms with Crippen LogP contribution >= 0.6 is 11.6 Å². The Morgan fingerprint density at radius 1 is 0.872 bits per heavy atom. The molecular weight excluding hydrogens is 608 g/mol. The Bertz CT molecular complexity index is 1830. The fourth-order valence-corrected chi connectivity index (χ4v) is 6.88. The van der Waals surface area contributed by atoms with Gasteiger partial charge in [-0.25, -0.2) is 0 Å². The van der Waals surface area contributed by atoms with Crippen molar-refractivity contribution in [2.75, 3.05) is 4.90 Å². The van der Waals surface area contributed by atoms with Gasteiger partial charge in [-0.05, 0) is 53.3 Å². The predicted octanol–water partition coefficient (Wildman–Crippen LogP) is 8.22. The van der Waals surface area contributed by atoms with E-state index >= 15 is 4.79 Å². The Labute approximate surface area is 280 Å². The molecule has 1 amide bonds. The van der Waals surface area contributed by atoms with Crippen molar-refractivity contribution in [1.82, 2.24) is 5.32 Å². The van der Waals surface area contributed by atoms with Crippen LogP contribution in [0, 0.1) is 6.92 Å². The number of hydrogen-bond acceptors (Lipinski definition) is 4. The van der Waals surface area contributed by atoms with Gasteiger partial charge in [0.2, 0.25) is 5.60 Å². The monoisotopic (exact) mass is 644 g/mol. The topological polar surface area (TPSA) is 78.9 Å². The summed E-state index contributed by atoms with van der Waals surface area (Å²) < 4.78 is 6.92. The van der Waals surface area contributed by atoms with Gasteiger partial charge >= 0.3 is 5.97 Å². The number of carbonyl (C=O) groups is 2. The number of carbonyl (C=O) groups excluding carboxylic acids is 1. The summed E-state index contributed by atoms with van der Waals surface area (Å²) >= 11 is 6.57. The van der Waals surface area contributed by atoms with Crippen molar-refractivity contribution in [2.45, 2.75) is 50.6 Å². The summed E-state index contributed by atoms with van der Waals surface area (Å²) in [5.41, 5.74) is 1.49. The molecule has 238 valence electrons. The Morgan fingerprint density at radius 3 is 2.02 bits per heavy atom. The largest absolute Gasteiger partial charge is 0.480 e. The Hall–Kier alpha value is -4.75. The minimum Gasteiger partial charge on any atom is -0.480 e. The first kappa shape index (κ1) is 32.2. The molecule has 5 aromatic rings. The summed E-state index contributed by atoms with van der Waals surface area (Å²) in [6.07, 6.45) is 0.0270. The van der Waals surface area contributed by atoms with E-state index in [0.29, 0.717) is 16.3 Å². The maximum Gasteiger partial charge on any atom is 0.327 e. The van der Waals surface area contributed by atoms with E-state index in [9.17, 15) is 9.90 Å². The van der Waals surface area contributed by atoms with Gasteiger partial charge in [0, 0.05) is 10.6 Å². The van der Waals surface area contributed by atoms with E-state index in [2.05, 4.69) is 5.32 Å². The number of rotatable bonds is 12. The molecule has 0 fully saturated rings. The molecule has 0 spiro atoms. The Balaban J connectivity index is 1.59. The van der Waals surface area contributed by atoms with Crippen molar-refractivity contribution >= 4 is 29.2 Å². The number of benzene rings is 5. The van der Waals surface area contributed by atoms with E-state index in [4.69, 9.17) is 16.3 Å². The Kier molecular flexibility index (Phi) is 9.28. The second-order valence-corrected chi connectivity index (χ2v) is 12.3. The number of hydrogen-bond donors (Lipinski definition) is 2. The van der Waals surface area contributed by atoms with Gasteiger partial charge in [-0.1, -0.05) is 140 Å². The van der Waals surface area contributed by atoms with Gasteiger partial charge < -0.3 is 14.7 Å². The molecule has 1 heterocycles. The van der Waals surface area contributed by atoms with Crippen LogP contribution in [0.4, 0.5) is 5.69 Å². The third-order valence-corrected chi connectivity index (χ3v) is 9.45. The number of carboxylic acids is 1. The SMILES string of the molecule is CC[C@](NC(c1ccccc1)c1ccccc1)(C(=O)O)C1(OCc2ccccc2C)C(=O)N(Cc2ccccc2)c2cc(Cl)ccc21. The van der Waals surface area contributed by atoms with Crippen LogP contribution in [-0.4, -0.2) is 22.5 Å². The number of nitrogens with one attached hydrogen (secondary N) is 1. The van der Waals surface area contributed by atoms with E-state index in [-0.39, 0.29) is 19.6 Å². The van der Waals surface area contributed by atoms with Gasteiger partial charge in [0.25, 0.3) is 5.91 Å². The first-order chi connectivity index (χ1) is 22.8. The summed E-state index contributed by atoms with van der Waals surface area (Å²) in [4.78, 5) is 31.0.